The van der Waals surface area contributed by atoms with Gasteiger partial charge in [0.2, 0.25) is 0 Å². The van der Waals surface area contributed by atoms with Crippen molar-refractivity contribution in [3.8, 4) is 0 Å². The van der Waals surface area contributed by atoms with Crippen molar-refractivity contribution >= 4 is 0 Å². The monoisotopic (exact) mass is 228 g/mol. The number of nitrogens with zero attached hydrogens (tertiary/aromatic N) is 2. The third-order valence-corrected chi connectivity index (χ3v) is 2.66. The summed E-state index contributed by atoms with van der Waals surface area (Å²) < 4.78 is 0. The molecule has 1 saturated carbocycles. The zero-order valence-electron chi connectivity index (χ0n) is 7.21. The first-order valence-corrected chi connectivity index (χ1v) is 4.26. The Labute approximate surface area is 94.0 Å². The summed E-state index contributed by atoms with van der Waals surface area (Å²) in [6, 6.07) is 0. The second-order valence-corrected chi connectivity index (χ2v) is 3.47. The van der Waals surface area contributed by atoms with Crippen LogP contribution in [0.1, 0.15) is 19.8 Å². The summed E-state index contributed by atoms with van der Waals surface area (Å²) >= 11 is 0. The van der Waals surface area contributed by atoms with Crippen LogP contribution in [0.2, 0.25) is 0 Å². The predicted molar refractivity (Wildman–Crippen MR) is 42.3 cm³/mol. The standard InChI is InChI=1S/C8H15N2.Y/c1-2-10-6-5-9-8(7-10)3-4-8;/h2-7H2,1H3;/q-1;. The molecule has 11 heavy (non-hydrogen) atoms. The molecule has 0 aromatic carbocycles. The van der Waals surface area contributed by atoms with E-state index in [2.05, 4.69) is 17.1 Å². The molecular weight excluding hydrogens is 213 g/mol. The third-order valence-electron chi connectivity index (χ3n) is 2.66. The first kappa shape index (κ1) is 10.1. The fourth-order valence-electron chi connectivity index (χ4n) is 1.70. The van der Waals surface area contributed by atoms with Crippen LogP contribution in [-0.4, -0.2) is 36.6 Å². The Morgan fingerprint density at radius 1 is 1.45 bits per heavy atom. The van der Waals surface area contributed by atoms with Crippen molar-refractivity contribution in [1.29, 1.82) is 0 Å². The van der Waals surface area contributed by atoms with Crippen molar-refractivity contribution in [1.82, 2.24) is 4.90 Å². The Morgan fingerprint density at radius 3 is 2.73 bits per heavy atom. The molecule has 2 fully saturated rings. The maximum atomic E-state index is 4.63. The fourth-order valence-corrected chi connectivity index (χ4v) is 1.70. The topological polar surface area (TPSA) is 17.3 Å². The van der Waals surface area contributed by atoms with Crippen LogP contribution in [0.15, 0.2) is 0 Å². The van der Waals surface area contributed by atoms with Crippen LogP contribution in [0.4, 0.5) is 0 Å². The first-order chi connectivity index (χ1) is 4.85. The number of rotatable bonds is 1. The average Bonchev–Trinajstić information content (AvgIpc) is 2.70. The van der Waals surface area contributed by atoms with Gasteiger partial charge in [-0.3, -0.25) is 0 Å². The molecule has 2 aliphatic rings. The second-order valence-electron chi connectivity index (χ2n) is 3.47. The van der Waals surface area contributed by atoms with E-state index in [1.54, 1.807) is 0 Å². The van der Waals surface area contributed by atoms with E-state index in [9.17, 15) is 0 Å². The van der Waals surface area contributed by atoms with E-state index in [4.69, 9.17) is 0 Å². The van der Waals surface area contributed by atoms with Crippen LogP contribution in [-0.2, 0) is 32.7 Å². The summed E-state index contributed by atoms with van der Waals surface area (Å²) in [6.07, 6.45) is 2.70. The summed E-state index contributed by atoms with van der Waals surface area (Å²) in [5.74, 6) is 0. The van der Waals surface area contributed by atoms with Gasteiger partial charge in [-0.1, -0.05) is 19.8 Å². The van der Waals surface area contributed by atoms with Crippen LogP contribution in [0.25, 0.3) is 5.32 Å². The minimum absolute atomic E-state index is 0. The van der Waals surface area contributed by atoms with Gasteiger partial charge < -0.3 is 10.2 Å². The molecule has 0 aromatic rings. The van der Waals surface area contributed by atoms with E-state index in [1.807, 2.05) is 0 Å². The van der Waals surface area contributed by atoms with Crippen LogP contribution in [0, 0.1) is 0 Å². The molecule has 0 N–H and O–H groups in total. The molecule has 1 radical (unpaired) electrons. The third kappa shape index (κ3) is 2.24. The molecule has 1 aliphatic heterocycles. The smallest absolute Gasteiger partial charge is 0 e. The Morgan fingerprint density at radius 2 is 2.18 bits per heavy atom. The predicted octanol–water partition coefficient (Wildman–Crippen LogP) is 1.23. The summed E-state index contributed by atoms with van der Waals surface area (Å²) in [4.78, 5) is 2.51. The van der Waals surface area contributed by atoms with Gasteiger partial charge in [-0.05, 0) is 19.6 Å². The first-order valence-electron chi connectivity index (χ1n) is 4.26. The number of piperazine rings is 1. The van der Waals surface area contributed by atoms with Gasteiger partial charge in [0, 0.05) is 32.7 Å². The molecule has 1 spiro atoms. The van der Waals surface area contributed by atoms with E-state index in [0.29, 0.717) is 5.54 Å². The Bertz CT molecular complexity index is 134. The van der Waals surface area contributed by atoms with Crippen LogP contribution in [0.3, 0.4) is 0 Å². The molecule has 3 heteroatoms. The molecule has 0 bridgehead atoms. The van der Waals surface area contributed by atoms with Crippen molar-refractivity contribution < 1.29 is 32.7 Å². The van der Waals surface area contributed by atoms with Gasteiger partial charge in [-0.15, -0.1) is 12.1 Å². The van der Waals surface area contributed by atoms with E-state index in [1.165, 1.54) is 32.5 Å². The van der Waals surface area contributed by atoms with Gasteiger partial charge in [0.15, 0.2) is 0 Å². The molecule has 0 amide bonds. The van der Waals surface area contributed by atoms with Gasteiger partial charge in [0.05, 0.1) is 0 Å². The van der Waals surface area contributed by atoms with Crippen LogP contribution < -0.4 is 0 Å². The Balaban J connectivity index is 0.000000605. The molecule has 0 unspecified atom stereocenters. The quantitative estimate of drug-likeness (QED) is 0.659. The fraction of sp³-hybridized carbons (Fsp3) is 1.00. The molecule has 0 atom stereocenters. The Kier molecular flexibility index (Phi) is 3.51. The zero-order valence-corrected chi connectivity index (χ0v) is 10.1. The van der Waals surface area contributed by atoms with E-state index >= 15 is 0 Å². The van der Waals surface area contributed by atoms with Gasteiger partial charge in [-0.2, -0.15) is 0 Å². The van der Waals surface area contributed by atoms with E-state index in [0.717, 1.165) is 6.54 Å². The summed E-state index contributed by atoms with van der Waals surface area (Å²) in [6.45, 7) is 6.95. The molecule has 1 saturated heterocycles. The normalized spacial score (nSPS) is 28.1. The molecule has 2 rings (SSSR count). The van der Waals surface area contributed by atoms with Crippen LogP contribution >= 0.6 is 0 Å². The maximum absolute atomic E-state index is 4.63. The summed E-state index contributed by atoms with van der Waals surface area (Å²) in [5.41, 5.74) is 0.453. The minimum Gasteiger partial charge on any atom is -0.655 e. The van der Waals surface area contributed by atoms with Gasteiger partial charge in [0.25, 0.3) is 0 Å². The molecule has 1 heterocycles. The molecular formula is C8H15N2Y-. The van der Waals surface area contributed by atoms with Crippen molar-refractivity contribution in [3.05, 3.63) is 5.32 Å². The second kappa shape index (κ2) is 3.82. The van der Waals surface area contributed by atoms with E-state index < -0.39 is 0 Å². The SMILES string of the molecule is CCN1CC[N-]C2(CC2)C1.[Y]. The van der Waals surface area contributed by atoms with Crippen molar-refractivity contribution in [2.45, 2.75) is 25.3 Å². The zero-order chi connectivity index (χ0) is 7.03. The minimum atomic E-state index is 0. The van der Waals surface area contributed by atoms with Gasteiger partial charge in [-0.25, -0.2) is 0 Å². The Hall–Kier alpha value is 1.02. The van der Waals surface area contributed by atoms with Gasteiger partial charge >= 0.3 is 0 Å². The molecule has 2 nitrogen and oxygen atoms in total. The van der Waals surface area contributed by atoms with Crippen LogP contribution in [0.5, 0.6) is 0 Å². The van der Waals surface area contributed by atoms with Crippen molar-refractivity contribution in [2.75, 3.05) is 26.2 Å². The summed E-state index contributed by atoms with van der Waals surface area (Å²) in [5, 5.41) is 4.63. The number of hydrogen-bond acceptors (Lipinski definition) is 1. The summed E-state index contributed by atoms with van der Waals surface area (Å²) in [7, 11) is 0. The number of hydrogen-bond donors (Lipinski definition) is 0. The van der Waals surface area contributed by atoms with E-state index in [-0.39, 0.29) is 32.7 Å². The largest absolute Gasteiger partial charge is 0.655 e. The molecule has 0 aromatic heterocycles. The molecule has 61 valence electrons. The van der Waals surface area contributed by atoms with Crippen molar-refractivity contribution in [3.63, 3.8) is 0 Å². The van der Waals surface area contributed by atoms with Crippen molar-refractivity contribution in [2.24, 2.45) is 0 Å². The number of likely N-dealkylation sites (N-methyl/N-ethyl adjacent to an activating group) is 1. The maximum Gasteiger partial charge on any atom is 0 e. The van der Waals surface area contributed by atoms with Gasteiger partial charge in [0.1, 0.15) is 0 Å². The molecule has 1 aliphatic carbocycles. The average molecular weight is 228 g/mol.